The van der Waals surface area contributed by atoms with E-state index in [1.807, 2.05) is 30.3 Å². The van der Waals surface area contributed by atoms with Crippen LogP contribution in [0.25, 0.3) is 10.8 Å². The topological polar surface area (TPSA) is 82.4 Å². The Morgan fingerprint density at radius 1 is 1.21 bits per heavy atom. The second kappa shape index (κ2) is 7.14. The van der Waals surface area contributed by atoms with E-state index in [9.17, 15) is 14.7 Å². The van der Waals surface area contributed by atoms with Gasteiger partial charge in [-0.1, -0.05) is 37.3 Å². The minimum atomic E-state index is -1.20. The van der Waals surface area contributed by atoms with Crippen molar-refractivity contribution in [2.75, 3.05) is 18.5 Å². The number of carboxylic acid groups (broad SMARTS) is 1. The summed E-state index contributed by atoms with van der Waals surface area (Å²) in [5.74, 6) is 0.176. The van der Waals surface area contributed by atoms with E-state index < -0.39 is 17.8 Å². The highest BCUT2D eigenvalue weighted by molar-refractivity contribution is 6.09. The molecule has 0 bridgehead atoms. The van der Waals surface area contributed by atoms with Gasteiger partial charge >= 0.3 is 12.2 Å². The Morgan fingerprint density at radius 2 is 1.89 bits per heavy atom. The van der Waals surface area contributed by atoms with Gasteiger partial charge in [-0.3, -0.25) is 4.90 Å². The van der Waals surface area contributed by atoms with Crippen LogP contribution in [0.4, 0.5) is 15.3 Å². The summed E-state index contributed by atoms with van der Waals surface area (Å²) >= 11 is 0. The molecule has 2 aromatic rings. The number of hydrogen-bond acceptors (Lipinski definition) is 3. The first kappa shape index (κ1) is 19.7. The van der Waals surface area contributed by atoms with Crippen molar-refractivity contribution in [2.24, 2.45) is 4.99 Å². The van der Waals surface area contributed by atoms with E-state index >= 15 is 0 Å². The Kier molecular flexibility index (Phi) is 5.02. The van der Waals surface area contributed by atoms with E-state index in [1.54, 1.807) is 25.7 Å². The highest BCUT2D eigenvalue weighted by atomic mass is 16.6. The molecule has 1 N–H and O–H groups in total. The van der Waals surface area contributed by atoms with Gasteiger partial charge in [0.2, 0.25) is 5.96 Å². The van der Waals surface area contributed by atoms with E-state index in [2.05, 4.69) is 18.0 Å². The molecule has 1 aliphatic rings. The lowest BCUT2D eigenvalue weighted by molar-refractivity contribution is 0.0602. The number of hydrogen-bond donors (Lipinski definition) is 1. The number of rotatable bonds is 0. The summed E-state index contributed by atoms with van der Waals surface area (Å²) in [6.07, 6.45) is -2.03. The maximum atomic E-state index is 12.3. The Balaban J connectivity index is 2.09. The first-order valence-electron chi connectivity index (χ1n) is 9.16. The highest BCUT2D eigenvalue weighted by Crippen LogP contribution is 2.41. The quantitative estimate of drug-likeness (QED) is 0.528. The molecule has 2 amide bonds. The smallest absolute Gasteiger partial charge is 0.437 e. The van der Waals surface area contributed by atoms with Crippen molar-refractivity contribution in [3.8, 4) is 0 Å². The number of aliphatic imine (C=N–C) groups is 1. The Labute approximate surface area is 164 Å². The number of carbonyl (C=O) groups is 2. The average Bonchev–Trinajstić information content (AvgIpc) is 2.94. The normalized spacial score (nSPS) is 16.8. The summed E-state index contributed by atoms with van der Waals surface area (Å²) in [5, 5.41) is 11.7. The fourth-order valence-corrected chi connectivity index (χ4v) is 3.46. The van der Waals surface area contributed by atoms with Crippen molar-refractivity contribution in [2.45, 2.75) is 39.2 Å². The van der Waals surface area contributed by atoms with E-state index in [-0.39, 0.29) is 11.9 Å². The third-order valence-electron chi connectivity index (χ3n) is 4.60. The van der Waals surface area contributed by atoms with Gasteiger partial charge in [0.15, 0.2) is 0 Å². The van der Waals surface area contributed by atoms with Gasteiger partial charge in [-0.15, -0.1) is 4.99 Å². The number of nitrogens with zero attached hydrogens (tertiary/aromatic N) is 3. The summed E-state index contributed by atoms with van der Waals surface area (Å²) in [5.41, 5.74) is 1.25. The zero-order valence-corrected chi connectivity index (χ0v) is 16.8. The molecule has 1 aliphatic heterocycles. The Morgan fingerprint density at radius 3 is 2.54 bits per heavy atom. The van der Waals surface area contributed by atoms with E-state index in [1.165, 1.54) is 7.05 Å². The summed E-state index contributed by atoms with van der Waals surface area (Å²) in [6.45, 7) is 7.81. The lowest BCUT2D eigenvalue weighted by Gasteiger charge is -2.27. The predicted molar refractivity (Wildman–Crippen MR) is 109 cm³/mol. The molecule has 0 saturated heterocycles. The molecule has 0 aromatic heterocycles. The number of fused-ring (bicyclic) bond motifs is 3. The molecule has 0 fully saturated rings. The van der Waals surface area contributed by atoms with E-state index in [4.69, 9.17) is 4.74 Å². The van der Waals surface area contributed by atoms with Crippen LogP contribution in [0.1, 0.15) is 39.2 Å². The number of benzene rings is 2. The molecule has 0 spiro atoms. The maximum Gasteiger partial charge on any atom is 0.437 e. The van der Waals surface area contributed by atoms with Crippen molar-refractivity contribution in [3.63, 3.8) is 0 Å². The summed E-state index contributed by atoms with van der Waals surface area (Å²) in [6, 6.07) is 12.0. The molecule has 0 saturated carbocycles. The number of guanidine groups is 1. The standard InChI is InChI=1S/C21H25N3O4/c1-13-12-24(16-11-10-14-8-6-7-9-15(14)17(13)16)18(23(5)20(26)27)22-19(25)28-21(2,3)4/h6-11,13H,12H2,1-5H3,(H,26,27)/b22-18+. The van der Waals surface area contributed by atoms with Gasteiger partial charge in [-0.2, -0.15) is 0 Å². The molecular weight excluding hydrogens is 358 g/mol. The molecule has 1 unspecified atom stereocenters. The molecule has 0 radical (unpaired) electrons. The Hall–Kier alpha value is -3.09. The molecule has 3 rings (SSSR count). The van der Waals surface area contributed by atoms with Gasteiger partial charge in [0.05, 0.1) is 0 Å². The van der Waals surface area contributed by atoms with E-state index in [0.29, 0.717) is 6.54 Å². The lowest BCUT2D eigenvalue weighted by Crippen LogP contribution is -2.45. The summed E-state index contributed by atoms with van der Waals surface area (Å²) in [7, 11) is 1.37. The Bertz CT molecular complexity index is 962. The van der Waals surface area contributed by atoms with Gasteiger partial charge in [-0.05, 0) is 43.2 Å². The number of ether oxygens (including phenoxy) is 1. The van der Waals surface area contributed by atoms with Gasteiger partial charge in [0, 0.05) is 25.2 Å². The van der Waals surface area contributed by atoms with Gasteiger partial charge in [0.1, 0.15) is 5.60 Å². The molecule has 28 heavy (non-hydrogen) atoms. The van der Waals surface area contributed by atoms with Crippen LogP contribution >= 0.6 is 0 Å². The fourth-order valence-electron chi connectivity index (χ4n) is 3.46. The second-order valence-corrected chi connectivity index (χ2v) is 7.96. The van der Waals surface area contributed by atoms with Crippen LogP contribution in [0.15, 0.2) is 41.4 Å². The van der Waals surface area contributed by atoms with Crippen molar-refractivity contribution in [3.05, 3.63) is 42.0 Å². The molecule has 1 heterocycles. The van der Waals surface area contributed by atoms with Crippen molar-refractivity contribution >= 4 is 34.6 Å². The van der Waals surface area contributed by atoms with Crippen LogP contribution in [0, 0.1) is 0 Å². The van der Waals surface area contributed by atoms with Crippen LogP contribution in [-0.4, -0.2) is 47.3 Å². The highest BCUT2D eigenvalue weighted by Gasteiger charge is 2.34. The second-order valence-electron chi connectivity index (χ2n) is 7.96. The van der Waals surface area contributed by atoms with Gasteiger partial charge in [-0.25, -0.2) is 9.59 Å². The average molecular weight is 383 g/mol. The van der Waals surface area contributed by atoms with Gasteiger partial charge in [0.25, 0.3) is 0 Å². The summed E-state index contributed by atoms with van der Waals surface area (Å²) in [4.78, 5) is 30.7. The monoisotopic (exact) mass is 383 g/mol. The molecule has 1 atom stereocenters. The third kappa shape index (κ3) is 3.78. The summed E-state index contributed by atoms with van der Waals surface area (Å²) < 4.78 is 5.27. The first-order valence-corrected chi connectivity index (χ1v) is 9.16. The molecule has 0 aliphatic carbocycles. The van der Waals surface area contributed by atoms with Crippen molar-refractivity contribution in [1.29, 1.82) is 0 Å². The number of anilines is 1. The molecule has 2 aromatic carbocycles. The SMILES string of the molecule is CC1CN(/C(=N/C(=O)OC(C)(C)C)N(C)C(=O)O)c2ccc3ccccc3c21. The molecule has 7 heteroatoms. The van der Waals surface area contributed by atoms with Crippen molar-refractivity contribution in [1.82, 2.24) is 4.90 Å². The minimum absolute atomic E-state index is 0.0302. The van der Waals surface area contributed by atoms with Crippen LogP contribution < -0.4 is 4.90 Å². The largest absolute Gasteiger partial charge is 0.465 e. The van der Waals surface area contributed by atoms with Crippen LogP contribution in [0.2, 0.25) is 0 Å². The predicted octanol–water partition coefficient (Wildman–Crippen LogP) is 4.66. The van der Waals surface area contributed by atoms with Crippen LogP contribution in [0.3, 0.4) is 0 Å². The number of amides is 2. The first-order chi connectivity index (χ1) is 13.1. The fraction of sp³-hybridized carbons (Fsp3) is 0.381. The molecule has 7 nitrogen and oxygen atoms in total. The third-order valence-corrected chi connectivity index (χ3v) is 4.60. The van der Waals surface area contributed by atoms with Crippen LogP contribution in [0.5, 0.6) is 0 Å². The lowest BCUT2D eigenvalue weighted by atomic mass is 9.96. The van der Waals surface area contributed by atoms with Crippen molar-refractivity contribution < 1.29 is 19.4 Å². The maximum absolute atomic E-state index is 12.3. The zero-order chi connectivity index (χ0) is 20.6. The molecular formula is C21H25N3O4. The minimum Gasteiger partial charge on any atom is -0.465 e. The van der Waals surface area contributed by atoms with Crippen LogP contribution in [-0.2, 0) is 4.74 Å². The van der Waals surface area contributed by atoms with E-state index in [0.717, 1.165) is 26.9 Å². The zero-order valence-electron chi connectivity index (χ0n) is 16.8. The van der Waals surface area contributed by atoms with Gasteiger partial charge < -0.3 is 14.7 Å². The molecule has 148 valence electrons. The number of carbonyl (C=O) groups excluding carboxylic acids is 1.